The highest BCUT2D eigenvalue weighted by molar-refractivity contribution is 5.96. The molecule has 1 N–H and O–H groups in total. The molecule has 1 aliphatic heterocycles. The van der Waals surface area contributed by atoms with Crippen LogP contribution in [0.4, 0.5) is 0 Å². The second-order valence-corrected chi connectivity index (χ2v) is 8.79. The van der Waals surface area contributed by atoms with Crippen molar-refractivity contribution in [2.24, 2.45) is 0 Å². The predicted molar refractivity (Wildman–Crippen MR) is 119 cm³/mol. The van der Waals surface area contributed by atoms with Crippen molar-refractivity contribution < 1.29 is 19.1 Å². The largest absolute Gasteiger partial charge is 0.451 e. The quantitative estimate of drug-likeness (QED) is 0.608. The summed E-state index contributed by atoms with van der Waals surface area (Å²) < 4.78 is 5.58. The van der Waals surface area contributed by atoms with Crippen molar-refractivity contribution in [2.45, 2.75) is 102 Å². The maximum absolute atomic E-state index is 13.4. The van der Waals surface area contributed by atoms with Crippen LogP contribution in [0.2, 0.25) is 0 Å². The van der Waals surface area contributed by atoms with E-state index in [4.69, 9.17) is 4.74 Å². The van der Waals surface area contributed by atoms with Gasteiger partial charge in [-0.3, -0.25) is 9.59 Å². The van der Waals surface area contributed by atoms with Gasteiger partial charge in [-0.25, -0.2) is 4.79 Å². The van der Waals surface area contributed by atoms with E-state index in [0.29, 0.717) is 19.3 Å². The highest BCUT2D eigenvalue weighted by Crippen LogP contribution is 2.26. The third kappa shape index (κ3) is 5.86. The molecule has 6 nitrogen and oxygen atoms in total. The Kier molecular flexibility index (Phi) is 8.50. The molecule has 1 saturated carbocycles. The topological polar surface area (TPSA) is 75.7 Å². The molecule has 1 aliphatic carbocycles. The van der Waals surface area contributed by atoms with E-state index in [1.807, 2.05) is 44.2 Å². The molecule has 1 saturated heterocycles. The van der Waals surface area contributed by atoms with Crippen LogP contribution in [0.3, 0.4) is 0 Å². The fourth-order valence-electron chi connectivity index (χ4n) is 4.72. The summed E-state index contributed by atoms with van der Waals surface area (Å²) in [6.45, 7) is 3.94. The number of carbonyl (C=O) groups excluding carboxylic acids is 3. The molecule has 6 heteroatoms. The first kappa shape index (κ1) is 23.3. The Balaban J connectivity index is 1.84. The Morgan fingerprint density at radius 2 is 1.84 bits per heavy atom. The van der Waals surface area contributed by atoms with E-state index in [9.17, 15) is 14.4 Å². The van der Waals surface area contributed by atoms with E-state index in [0.717, 1.165) is 44.1 Å². The molecule has 170 valence electrons. The summed E-state index contributed by atoms with van der Waals surface area (Å²) in [5.74, 6) is -0.794. The number of hydrogen-bond donors (Lipinski definition) is 1. The molecular formula is C25H36N2O4. The maximum Gasteiger partial charge on any atom is 0.330 e. The van der Waals surface area contributed by atoms with Crippen LogP contribution in [-0.2, 0) is 25.5 Å². The fraction of sp³-hybridized carbons (Fsp3) is 0.640. The minimum Gasteiger partial charge on any atom is -0.451 e. The smallest absolute Gasteiger partial charge is 0.330 e. The summed E-state index contributed by atoms with van der Waals surface area (Å²) in [5.41, 5.74) is 0.941. The average molecular weight is 429 g/mol. The van der Waals surface area contributed by atoms with Crippen LogP contribution < -0.4 is 5.32 Å². The van der Waals surface area contributed by atoms with Crippen LogP contribution in [0.5, 0.6) is 0 Å². The number of ether oxygens (including phenoxy) is 1. The van der Waals surface area contributed by atoms with Crippen molar-refractivity contribution in [3.8, 4) is 0 Å². The number of nitrogens with zero attached hydrogens (tertiary/aromatic N) is 1. The normalized spacial score (nSPS) is 23.4. The van der Waals surface area contributed by atoms with Crippen molar-refractivity contribution in [3.63, 3.8) is 0 Å². The second-order valence-electron chi connectivity index (χ2n) is 8.79. The number of morpholine rings is 1. The zero-order valence-corrected chi connectivity index (χ0v) is 18.8. The monoisotopic (exact) mass is 428 g/mol. The van der Waals surface area contributed by atoms with Gasteiger partial charge in [-0.15, -0.1) is 0 Å². The first-order valence-corrected chi connectivity index (χ1v) is 11.9. The lowest BCUT2D eigenvalue weighted by Gasteiger charge is -2.42. The number of amides is 2. The van der Waals surface area contributed by atoms with Crippen LogP contribution in [0.25, 0.3) is 0 Å². The molecule has 2 aliphatic rings. The molecule has 1 unspecified atom stereocenters. The number of esters is 1. The molecule has 3 atom stereocenters. The zero-order chi connectivity index (χ0) is 22.2. The molecular weight excluding hydrogens is 392 g/mol. The van der Waals surface area contributed by atoms with Crippen LogP contribution in [0.1, 0.15) is 77.2 Å². The van der Waals surface area contributed by atoms with Gasteiger partial charge in [0.05, 0.1) is 0 Å². The zero-order valence-electron chi connectivity index (χ0n) is 18.8. The molecule has 31 heavy (non-hydrogen) atoms. The standard InChI is InChI=1S/C25H36N2O4/c1-3-5-16-22-24(29)27(20(4-2)23(28)26-19-14-10-7-11-15-19)21(25(30)31-22)17-18-12-8-6-9-13-18/h6,8-9,12-13,19-22H,3-5,7,10-11,14-17H2,1-2H3,(H,26,28)/t20?,21-,22-/m0/s1. The number of cyclic esters (lactones) is 1. The number of hydrogen-bond acceptors (Lipinski definition) is 4. The number of benzene rings is 1. The lowest BCUT2D eigenvalue weighted by Crippen LogP contribution is -2.64. The summed E-state index contributed by atoms with van der Waals surface area (Å²) >= 11 is 0. The molecule has 0 spiro atoms. The lowest BCUT2D eigenvalue weighted by atomic mass is 9.94. The van der Waals surface area contributed by atoms with Crippen LogP contribution >= 0.6 is 0 Å². The summed E-state index contributed by atoms with van der Waals surface area (Å²) in [6, 6.07) is 8.31. The molecule has 1 heterocycles. The Morgan fingerprint density at radius 1 is 1.13 bits per heavy atom. The fourth-order valence-corrected chi connectivity index (χ4v) is 4.72. The summed E-state index contributed by atoms with van der Waals surface area (Å²) in [6.07, 6.45) is 7.61. The van der Waals surface area contributed by atoms with E-state index >= 15 is 0 Å². The third-order valence-corrected chi connectivity index (χ3v) is 6.46. The van der Waals surface area contributed by atoms with Gasteiger partial charge in [0.25, 0.3) is 5.91 Å². The molecule has 0 aromatic heterocycles. The van der Waals surface area contributed by atoms with E-state index in [1.54, 1.807) is 0 Å². The van der Waals surface area contributed by atoms with Gasteiger partial charge in [0, 0.05) is 12.5 Å². The highest BCUT2D eigenvalue weighted by Gasteiger charge is 2.46. The van der Waals surface area contributed by atoms with Gasteiger partial charge in [-0.1, -0.05) is 69.9 Å². The van der Waals surface area contributed by atoms with E-state index in [-0.39, 0.29) is 17.9 Å². The third-order valence-electron chi connectivity index (χ3n) is 6.46. The van der Waals surface area contributed by atoms with Gasteiger partial charge in [-0.2, -0.15) is 0 Å². The molecule has 3 rings (SSSR count). The van der Waals surface area contributed by atoms with E-state index in [2.05, 4.69) is 5.32 Å². The summed E-state index contributed by atoms with van der Waals surface area (Å²) in [5, 5.41) is 3.16. The number of nitrogens with one attached hydrogen (secondary N) is 1. The van der Waals surface area contributed by atoms with Crippen LogP contribution in [0.15, 0.2) is 30.3 Å². The number of carbonyl (C=O) groups is 3. The van der Waals surface area contributed by atoms with Crippen LogP contribution in [-0.4, -0.2) is 46.9 Å². The summed E-state index contributed by atoms with van der Waals surface area (Å²) in [4.78, 5) is 41.3. The summed E-state index contributed by atoms with van der Waals surface area (Å²) in [7, 11) is 0. The predicted octanol–water partition coefficient (Wildman–Crippen LogP) is 3.77. The molecule has 1 aromatic carbocycles. The van der Waals surface area contributed by atoms with Crippen molar-refractivity contribution in [1.82, 2.24) is 10.2 Å². The second kappa shape index (κ2) is 11.3. The molecule has 2 fully saturated rings. The van der Waals surface area contributed by atoms with Gasteiger partial charge in [0.1, 0.15) is 12.1 Å². The van der Waals surface area contributed by atoms with E-state index < -0.39 is 24.2 Å². The van der Waals surface area contributed by atoms with Gasteiger partial charge < -0.3 is 15.0 Å². The van der Waals surface area contributed by atoms with Crippen LogP contribution in [0, 0.1) is 0 Å². The van der Waals surface area contributed by atoms with E-state index in [1.165, 1.54) is 11.3 Å². The Morgan fingerprint density at radius 3 is 2.48 bits per heavy atom. The van der Waals surface area contributed by atoms with Crippen molar-refractivity contribution in [1.29, 1.82) is 0 Å². The molecule has 0 bridgehead atoms. The minimum atomic E-state index is -0.795. The number of unbranched alkanes of at least 4 members (excludes halogenated alkanes) is 1. The highest BCUT2D eigenvalue weighted by atomic mass is 16.6. The lowest BCUT2D eigenvalue weighted by molar-refractivity contribution is -0.182. The SMILES string of the molecule is CCCC[C@@H]1OC(=O)[C@H](Cc2ccccc2)N(C(CC)C(=O)NC2CCCCC2)C1=O. The van der Waals surface area contributed by atoms with Gasteiger partial charge in [0.2, 0.25) is 5.91 Å². The molecule has 1 aromatic rings. The first-order valence-electron chi connectivity index (χ1n) is 11.9. The van der Waals surface area contributed by atoms with Crippen molar-refractivity contribution >= 4 is 17.8 Å². The minimum absolute atomic E-state index is 0.148. The average Bonchev–Trinajstić information content (AvgIpc) is 2.78. The van der Waals surface area contributed by atoms with Gasteiger partial charge in [0.15, 0.2) is 6.10 Å². The molecule has 0 radical (unpaired) electrons. The van der Waals surface area contributed by atoms with Crippen molar-refractivity contribution in [3.05, 3.63) is 35.9 Å². The Hall–Kier alpha value is -2.37. The van der Waals surface area contributed by atoms with Gasteiger partial charge >= 0.3 is 5.97 Å². The molecule has 2 amide bonds. The number of rotatable bonds is 9. The Labute approximate surface area is 185 Å². The van der Waals surface area contributed by atoms with Crippen molar-refractivity contribution in [2.75, 3.05) is 0 Å². The van der Waals surface area contributed by atoms with Gasteiger partial charge in [-0.05, 0) is 37.7 Å². The first-order chi connectivity index (χ1) is 15.0. The maximum atomic E-state index is 13.4. The Bertz CT molecular complexity index is 745.